The van der Waals surface area contributed by atoms with Gasteiger partial charge in [-0.2, -0.15) is 5.10 Å². The summed E-state index contributed by atoms with van der Waals surface area (Å²) >= 11 is 6.19. The van der Waals surface area contributed by atoms with Gasteiger partial charge in [0.05, 0.1) is 16.9 Å². The fourth-order valence-electron chi connectivity index (χ4n) is 4.13. The number of hydrogen-bond acceptors (Lipinski definition) is 3. The van der Waals surface area contributed by atoms with E-state index in [9.17, 15) is 9.18 Å². The smallest absolute Gasteiger partial charge is 0.197 e. The van der Waals surface area contributed by atoms with E-state index in [1.165, 1.54) is 0 Å². The summed E-state index contributed by atoms with van der Waals surface area (Å²) in [5.74, 6) is -0.297. The lowest BCUT2D eigenvalue weighted by Gasteiger charge is -2.14. The molecule has 0 unspecified atom stereocenters. The first kappa shape index (κ1) is 23.5. The second-order valence-electron chi connectivity index (χ2n) is 8.13. The van der Waals surface area contributed by atoms with Crippen LogP contribution < -0.4 is 4.74 Å². The topological polar surface area (TPSA) is 44.1 Å². The third-order valence-corrected chi connectivity index (χ3v) is 6.09. The molecule has 0 aliphatic rings. The van der Waals surface area contributed by atoms with Crippen molar-refractivity contribution in [2.75, 3.05) is 6.67 Å². The van der Waals surface area contributed by atoms with E-state index in [-0.39, 0.29) is 12.2 Å². The summed E-state index contributed by atoms with van der Waals surface area (Å²) in [6, 6.07) is 34.0. The molecule has 0 bridgehead atoms. The van der Waals surface area contributed by atoms with Crippen LogP contribution in [0.2, 0.25) is 5.02 Å². The summed E-state index contributed by atoms with van der Waals surface area (Å²) in [4.78, 5) is 12.2. The number of carbonyl (C=O) groups excluding carboxylic acids is 1. The Labute approximate surface area is 213 Å². The number of aromatic nitrogens is 2. The van der Waals surface area contributed by atoms with Crippen molar-refractivity contribution in [3.63, 3.8) is 0 Å². The minimum absolute atomic E-state index is 0.100. The van der Waals surface area contributed by atoms with Crippen LogP contribution in [0.1, 0.15) is 16.1 Å². The molecule has 0 N–H and O–H groups in total. The number of halogens is 2. The molecule has 0 saturated carbocycles. The Balaban J connectivity index is 1.69. The molecule has 0 amide bonds. The molecular formula is C30H22ClFN2O2. The van der Waals surface area contributed by atoms with E-state index in [4.69, 9.17) is 21.4 Å². The third-order valence-electron chi connectivity index (χ3n) is 5.84. The molecule has 6 heteroatoms. The van der Waals surface area contributed by atoms with E-state index < -0.39 is 12.5 Å². The predicted molar refractivity (Wildman–Crippen MR) is 141 cm³/mol. The number of ketones is 1. The first-order chi connectivity index (χ1) is 17.7. The van der Waals surface area contributed by atoms with Crippen LogP contribution in [-0.2, 0) is 6.61 Å². The summed E-state index contributed by atoms with van der Waals surface area (Å²) < 4.78 is 21.2. The van der Waals surface area contributed by atoms with Gasteiger partial charge >= 0.3 is 0 Å². The first-order valence-electron chi connectivity index (χ1n) is 11.5. The van der Waals surface area contributed by atoms with Crippen molar-refractivity contribution in [2.24, 2.45) is 0 Å². The van der Waals surface area contributed by atoms with E-state index in [2.05, 4.69) is 0 Å². The highest BCUT2D eigenvalue weighted by Gasteiger charge is 2.23. The molecule has 178 valence electrons. The van der Waals surface area contributed by atoms with Crippen LogP contribution in [0.25, 0.3) is 28.1 Å². The highest BCUT2D eigenvalue weighted by Crippen LogP contribution is 2.37. The summed E-state index contributed by atoms with van der Waals surface area (Å²) in [7, 11) is 0. The van der Waals surface area contributed by atoms with Crippen LogP contribution in [0.3, 0.4) is 0 Å². The summed E-state index contributed by atoms with van der Waals surface area (Å²) in [5, 5.41) is 5.64. The van der Waals surface area contributed by atoms with Gasteiger partial charge in [-0.15, -0.1) is 0 Å². The lowest BCUT2D eigenvalue weighted by molar-refractivity contribution is 0.0954. The van der Waals surface area contributed by atoms with Crippen LogP contribution >= 0.6 is 11.6 Å². The lowest BCUT2D eigenvalue weighted by atomic mass is 9.99. The van der Waals surface area contributed by atoms with Crippen molar-refractivity contribution in [1.29, 1.82) is 0 Å². The molecular weight excluding hydrogens is 475 g/mol. The molecule has 4 nitrogen and oxygen atoms in total. The average molecular weight is 497 g/mol. The molecule has 1 heterocycles. The third kappa shape index (κ3) is 4.79. The average Bonchev–Trinajstić information content (AvgIpc) is 3.32. The molecule has 5 aromatic rings. The SMILES string of the molecule is O=C(CF)c1ccccc1OCc1c(-c2ccc(Cl)cc2)c(-c2ccccc2)nn1-c1ccccc1. The maximum atomic E-state index is 13.2. The van der Waals surface area contributed by atoms with Gasteiger partial charge in [0.2, 0.25) is 0 Å². The van der Waals surface area contributed by atoms with Gasteiger partial charge in [-0.25, -0.2) is 9.07 Å². The summed E-state index contributed by atoms with van der Waals surface area (Å²) in [6.07, 6.45) is 0. The molecule has 0 radical (unpaired) electrons. The fourth-order valence-corrected chi connectivity index (χ4v) is 4.25. The Bertz CT molecular complexity index is 1480. The molecule has 36 heavy (non-hydrogen) atoms. The van der Waals surface area contributed by atoms with Crippen LogP contribution in [0.4, 0.5) is 4.39 Å². The van der Waals surface area contributed by atoms with Crippen LogP contribution in [0.5, 0.6) is 5.75 Å². The molecule has 0 saturated heterocycles. The van der Waals surface area contributed by atoms with Crippen LogP contribution in [0, 0.1) is 0 Å². The molecule has 0 fully saturated rings. The quantitative estimate of drug-likeness (QED) is 0.208. The van der Waals surface area contributed by atoms with E-state index in [1.807, 2.05) is 89.6 Å². The second kappa shape index (κ2) is 10.6. The van der Waals surface area contributed by atoms with Crippen molar-refractivity contribution in [2.45, 2.75) is 6.61 Å². The fraction of sp³-hybridized carbons (Fsp3) is 0.0667. The molecule has 1 aromatic heterocycles. The van der Waals surface area contributed by atoms with Gasteiger partial charge in [0, 0.05) is 16.1 Å². The van der Waals surface area contributed by atoms with Crippen molar-refractivity contribution < 1.29 is 13.9 Å². The maximum absolute atomic E-state index is 13.2. The predicted octanol–water partition coefficient (Wildman–Crippen LogP) is 7.59. The zero-order chi connectivity index (χ0) is 24.9. The maximum Gasteiger partial charge on any atom is 0.197 e. The molecule has 5 rings (SSSR count). The largest absolute Gasteiger partial charge is 0.487 e. The number of hydrogen-bond donors (Lipinski definition) is 0. The minimum atomic E-state index is -1.09. The molecule has 4 aromatic carbocycles. The highest BCUT2D eigenvalue weighted by atomic mass is 35.5. The number of rotatable bonds is 8. The van der Waals surface area contributed by atoms with Gasteiger partial charge in [-0.05, 0) is 42.0 Å². The van der Waals surface area contributed by atoms with Gasteiger partial charge in [0.15, 0.2) is 12.5 Å². The molecule has 0 aliphatic carbocycles. The Morgan fingerprint density at radius 1 is 0.806 bits per heavy atom. The van der Waals surface area contributed by atoms with Crippen LogP contribution in [-0.4, -0.2) is 22.2 Å². The van der Waals surface area contributed by atoms with Gasteiger partial charge in [0.1, 0.15) is 18.1 Å². The normalized spacial score (nSPS) is 10.8. The Morgan fingerprint density at radius 2 is 1.44 bits per heavy atom. The first-order valence-corrected chi connectivity index (χ1v) is 11.8. The number of Topliss-reactive ketones (excluding diaryl/α,β-unsaturated/α-hetero) is 1. The number of para-hydroxylation sites is 2. The Hall–Kier alpha value is -4.22. The monoisotopic (exact) mass is 496 g/mol. The zero-order valence-electron chi connectivity index (χ0n) is 19.3. The lowest BCUT2D eigenvalue weighted by Crippen LogP contribution is -2.09. The Morgan fingerprint density at radius 3 is 2.14 bits per heavy atom. The van der Waals surface area contributed by atoms with E-state index in [0.717, 1.165) is 33.8 Å². The van der Waals surface area contributed by atoms with Gasteiger partial charge < -0.3 is 4.74 Å². The second-order valence-corrected chi connectivity index (χ2v) is 8.57. The minimum Gasteiger partial charge on any atom is -0.487 e. The standard InChI is InChI=1S/C30H22ClFN2O2/c31-23-17-15-21(16-18-23)29-26(20-36-28-14-8-7-13-25(28)27(35)19-32)34(24-11-5-2-6-12-24)33-30(29)22-9-3-1-4-10-22/h1-18H,19-20H2. The molecule has 0 spiro atoms. The Kier molecular flexibility index (Phi) is 6.92. The van der Waals surface area contributed by atoms with Crippen molar-refractivity contribution in [3.8, 4) is 33.8 Å². The molecule has 0 atom stereocenters. The summed E-state index contributed by atoms with van der Waals surface area (Å²) in [6.45, 7) is -0.986. The molecule has 0 aliphatic heterocycles. The van der Waals surface area contributed by atoms with Gasteiger partial charge in [-0.3, -0.25) is 4.79 Å². The van der Waals surface area contributed by atoms with Crippen LogP contribution in [0.15, 0.2) is 109 Å². The van der Waals surface area contributed by atoms with E-state index >= 15 is 0 Å². The van der Waals surface area contributed by atoms with Gasteiger partial charge in [0.25, 0.3) is 0 Å². The zero-order valence-corrected chi connectivity index (χ0v) is 20.0. The number of alkyl halides is 1. The van der Waals surface area contributed by atoms with Crippen molar-refractivity contribution in [1.82, 2.24) is 9.78 Å². The summed E-state index contributed by atoms with van der Waals surface area (Å²) in [5.41, 5.74) is 5.40. The van der Waals surface area contributed by atoms with E-state index in [1.54, 1.807) is 24.3 Å². The number of ether oxygens (including phenoxy) is 1. The number of benzene rings is 4. The van der Waals surface area contributed by atoms with Gasteiger partial charge in [-0.1, -0.05) is 84.4 Å². The van der Waals surface area contributed by atoms with Crippen molar-refractivity contribution >= 4 is 17.4 Å². The van der Waals surface area contributed by atoms with E-state index in [0.29, 0.717) is 10.8 Å². The van der Waals surface area contributed by atoms with Crippen molar-refractivity contribution in [3.05, 3.63) is 125 Å². The number of carbonyl (C=O) groups is 1. The number of nitrogens with zero attached hydrogens (tertiary/aromatic N) is 2. The highest BCUT2D eigenvalue weighted by molar-refractivity contribution is 6.30.